The number of rotatable bonds is 4. The lowest BCUT2D eigenvalue weighted by Gasteiger charge is -2.01. The van der Waals surface area contributed by atoms with E-state index in [0.717, 1.165) is 17.2 Å². The molecule has 2 heterocycles. The fraction of sp³-hybridized carbons (Fsp3) is 0.500. The second-order valence-corrected chi connectivity index (χ2v) is 3.26. The molecular weight excluding hydrogens is 196 g/mol. The third-order valence-corrected chi connectivity index (χ3v) is 2.13. The first kappa shape index (κ1) is 9.78. The van der Waals surface area contributed by atoms with Gasteiger partial charge < -0.3 is 9.88 Å². The average molecular weight is 208 g/mol. The van der Waals surface area contributed by atoms with E-state index in [2.05, 4.69) is 30.5 Å². The van der Waals surface area contributed by atoms with Gasteiger partial charge in [0.25, 0.3) is 0 Å². The number of nitrogens with one attached hydrogen (secondary N) is 1. The SMILES string of the molecule is Cc1nonc1CNCc1nncn1C. The Morgan fingerprint density at radius 1 is 1.40 bits per heavy atom. The van der Waals surface area contributed by atoms with Crippen LogP contribution in [0.15, 0.2) is 11.0 Å². The molecule has 0 aliphatic rings. The van der Waals surface area contributed by atoms with E-state index in [9.17, 15) is 0 Å². The van der Waals surface area contributed by atoms with Gasteiger partial charge in [-0.1, -0.05) is 10.3 Å². The molecule has 2 aromatic heterocycles. The molecule has 0 saturated carbocycles. The highest BCUT2D eigenvalue weighted by Crippen LogP contribution is 1.99. The Labute approximate surface area is 86.5 Å². The van der Waals surface area contributed by atoms with Gasteiger partial charge in [-0.3, -0.25) is 0 Å². The van der Waals surface area contributed by atoms with Crippen LogP contribution in [-0.2, 0) is 20.1 Å². The summed E-state index contributed by atoms with van der Waals surface area (Å²) in [7, 11) is 1.90. The van der Waals surface area contributed by atoms with Crippen LogP contribution in [0, 0.1) is 6.92 Å². The lowest BCUT2D eigenvalue weighted by atomic mass is 10.3. The maximum atomic E-state index is 4.58. The van der Waals surface area contributed by atoms with Crippen molar-refractivity contribution in [2.45, 2.75) is 20.0 Å². The zero-order valence-electron chi connectivity index (χ0n) is 8.64. The highest BCUT2D eigenvalue weighted by atomic mass is 16.6. The Hall–Kier alpha value is -1.76. The van der Waals surface area contributed by atoms with Crippen molar-refractivity contribution in [2.75, 3.05) is 0 Å². The van der Waals surface area contributed by atoms with Crippen molar-refractivity contribution >= 4 is 0 Å². The second kappa shape index (κ2) is 4.18. The van der Waals surface area contributed by atoms with Gasteiger partial charge in [0.15, 0.2) is 0 Å². The quantitative estimate of drug-likeness (QED) is 0.749. The minimum Gasteiger partial charge on any atom is -0.320 e. The first-order chi connectivity index (χ1) is 7.27. The average Bonchev–Trinajstić information content (AvgIpc) is 2.78. The summed E-state index contributed by atoms with van der Waals surface area (Å²) < 4.78 is 6.45. The molecule has 15 heavy (non-hydrogen) atoms. The van der Waals surface area contributed by atoms with Crippen LogP contribution in [0.1, 0.15) is 17.2 Å². The molecule has 0 amide bonds. The van der Waals surface area contributed by atoms with Crippen molar-refractivity contribution in [3.8, 4) is 0 Å². The van der Waals surface area contributed by atoms with Crippen LogP contribution in [0.2, 0.25) is 0 Å². The second-order valence-electron chi connectivity index (χ2n) is 3.26. The van der Waals surface area contributed by atoms with Gasteiger partial charge in [-0.25, -0.2) is 4.63 Å². The Kier molecular flexibility index (Phi) is 2.72. The number of hydrogen-bond donors (Lipinski definition) is 1. The number of hydrogen-bond acceptors (Lipinski definition) is 6. The highest BCUT2D eigenvalue weighted by molar-refractivity contribution is 5.03. The van der Waals surface area contributed by atoms with Crippen LogP contribution >= 0.6 is 0 Å². The van der Waals surface area contributed by atoms with Gasteiger partial charge in [0, 0.05) is 13.6 Å². The van der Waals surface area contributed by atoms with E-state index < -0.39 is 0 Å². The van der Waals surface area contributed by atoms with Gasteiger partial charge >= 0.3 is 0 Å². The van der Waals surface area contributed by atoms with Crippen LogP contribution in [0.3, 0.4) is 0 Å². The molecule has 0 aliphatic heterocycles. The smallest absolute Gasteiger partial charge is 0.146 e. The topological polar surface area (TPSA) is 81.7 Å². The summed E-state index contributed by atoms with van der Waals surface area (Å²) in [5.41, 5.74) is 1.62. The van der Waals surface area contributed by atoms with Crippen LogP contribution in [0.5, 0.6) is 0 Å². The van der Waals surface area contributed by atoms with Gasteiger partial charge in [0.1, 0.15) is 23.5 Å². The summed E-state index contributed by atoms with van der Waals surface area (Å²) in [5, 5.41) is 18.4. The third-order valence-electron chi connectivity index (χ3n) is 2.13. The van der Waals surface area contributed by atoms with E-state index in [1.807, 2.05) is 18.5 Å². The van der Waals surface area contributed by atoms with Crippen molar-refractivity contribution < 1.29 is 4.63 Å². The standard InChI is InChI=1S/C8H12N6O/c1-6-7(13-15-12-6)3-9-4-8-11-10-5-14(8)2/h5,9H,3-4H2,1-2H3. The molecule has 2 rings (SSSR count). The fourth-order valence-electron chi connectivity index (χ4n) is 1.17. The van der Waals surface area contributed by atoms with Gasteiger partial charge in [-0.15, -0.1) is 10.2 Å². The Morgan fingerprint density at radius 2 is 2.27 bits per heavy atom. The first-order valence-electron chi connectivity index (χ1n) is 4.59. The predicted octanol–water partition coefficient (Wildman–Crippen LogP) is -0.204. The molecule has 0 atom stereocenters. The molecule has 0 unspecified atom stereocenters. The fourth-order valence-corrected chi connectivity index (χ4v) is 1.17. The summed E-state index contributed by atoms with van der Waals surface area (Å²) in [5.74, 6) is 0.879. The molecule has 0 bridgehead atoms. The molecule has 7 nitrogen and oxygen atoms in total. The zero-order valence-corrected chi connectivity index (χ0v) is 8.64. The first-order valence-corrected chi connectivity index (χ1v) is 4.59. The molecule has 0 aliphatic carbocycles. The van der Waals surface area contributed by atoms with Crippen molar-refractivity contribution in [3.63, 3.8) is 0 Å². The van der Waals surface area contributed by atoms with E-state index in [4.69, 9.17) is 0 Å². The maximum Gasteiger partial charge on any atom is 0.146 e. The highest BCUT2D eigenvalue weighted by Gasteiger charge is 2.05. The molecular formula is C8H12N6O. The summed E-state index contributed by atoms with van der Waals surface area (Å²) in [6.45, 7) is 3.11. The van der Waals surface area contributed by atoms with Crippen molar-refractivity contribution in [1.29, 1.82) is 0 Å². The van der Waals surface area contributed by atoms with Crippen molar-refractivity contribution in [3.05, 3.63) is 23.5 Å². The molecule has 0 radical (unpaired) electrons. The van der Waals surface area contributed by atoms with Gasteiger partial charge in [0.2, 0.25) is 0 Å². The largest absolute Gasteiger partial charge is 0.320 e. The van der Waals surface area contributed by atoms with Gasteiger partial charge in [-0.2, -0.15) is 0 Å². The van der Waals surface area contributed by atoms with E-state index in [-0.39, 0.29) is 0 Å². The molecule has 80 valence electrons. The predicted molar refractivity (Wildman–Crippen MR) is 50.6 cm³/mol. The van der Waals surface area contributed by atoms with E-state index in [1.54, 1.807) is 6.33 Å². The summed E-state index contributed by atoms with van der Waals surface area (Å²) in [4.78, 5) is 0. The molecule has 0 spiro atoms. The van der Waals surface area contributed by atoms with Crippen LogP contribution in [0.25, 0.3) is 0 Å². The molecule has 2 aromatic rings. The zero-order chi connectivity index (χ0) is 10.7. The minimum atomic E-state index is 0.613. The summed E-state index contributed by atoms with van der Waals surface area (Å²) >= 11 is 0. The summed E-state index contributed by atoms with van der Waals surface area (Å²) in [6.07, 6.45) is 1.67. The van der Waals surface area contributed by atoms with Gasteiger partial charge in [0.05, 0.1) is 6.54 Å². The molecule has 0 saturated heterocycles. The monoisotopic (exact) mass is 208 g/mol. The normalized spacial score (nSPS) is 10.8. The maximum absolute atomic E-state index is 4.58. The van der Waals surface area contributed by atoms with Crippen molar-refractivity contribution in [2.24, 2.45) is 7.05 Å². The van der Waals surface area contributed by atoms with Crippen molar-refractivity contribution in [1.82, 2.24) is 30.4 Å². The lowest BCUT2D eigenvalue weighted by Crippen LogP contribution is -2.16. The molecule has 7 heteroatoms. The van der Waals surface area contributed by atoms with Crippen LogP contribution in [0.4, 0.5) is 0 Å². The number of aryl methyl sites for hydroxylation is 2. The van der Waals surface area contributed by atoms with E-state index >= 15 is 0 Å². The Balaban J connectivity index is 1.86. The number of nitrogens with zero attached hydrogens (tertiary/aromatic N) is 5. The van der Waals surface area contributed by atoms with E-state index in [0.29, 0.717) is 13.1 Å². The Bertz CT molecular complexity index is 394. The summed E-state index contributed by atoms with van der Waals surface area (Å²) in [6, 6.07) is 0. The third kappa shape index (κ3) is 2.18. The van der Waals surface area contributed by atoms with E-state index in [1.165, 1.54) is 0 Å². The lowest BCUT2D eigenvalue weighted by molar-refractivity contribution is 0.300. The molecule has 1 N–H and O–H groups in total. The Morgan fingerprint density at radius 3 is 2.87 bits per heavy atom. The van der Waals surface area contributed by atoms with Crippen LogP contribution < -0.4 is 5.32 Å². The van der Waals surface area contributed by atoms with Gasteiger partial charge in [-0.05, 0) is 6.92 Å². The van der Waals surface area contributed by atoms with Crippen LogP contribution in [-0.4, -0.2) is 25.1 Å². The number of aromatic nitrogens is 5. The molecule has 0 fully saturated rings. The minimum absolute atomic E-state index is 0.613. The molecule has 0 aromatic carbocycles.